The molecule has 29 heavy (non-hydrogen) atoms. The quantitative estimate of drug-likeness (QED) is 0.440. The minimum atomic E-state index is -0.714. The largest absolute Gasteiger partial charge is 0.506 e. The van der Waals surface area contributed by atoms with Crippen molar-refractivity contribution in [2.24, 2.45) is 4.99 Å². The standard InChI is InChI=1S/C20H16N2O6S/c1-27-15-9-5-13(6-10-15)21-19-17(20(24)28-2)18(23)16(29-19)11-12-3-7-14(8-4-12)22(25)26/h3-11,23H,1-2H3/b16-11+,21-19?. The average molecular weight is 412 g/mol. The van der Waals surface area contributed by atoms with Crippen molar-refractivity contribution in [1.29, 1.82) is 0 Å². The fourth-order valence-corrected chi connectivity index (χ4v) is 3.54. The zero-order valence-electron chi connectivity index (χ0n) is 15.5. The van der Waals surface area contributed by atoms with Gasteiger partial charge in [0.25, 0.3) is 5.69 Å². The van der Waals surface area contributed by atoms with Gasteiger partial charge in [0, 0.05) is 12.1 Å². The molecule has 0 amide bonds. The van der Waals surface area contributed by atoms with Crippen LogP contribution in [0, 0.1) is 10.1 Å². The predicted molar refractivity (Wildman–Crippen MR) is 110 cm³/mol. The molecule has 0 unspecified atom stereocenters. The predicted octanol–water partition coefficient (Wildman–Crippen LogP) is 4.41. The summed E-state index contributed by atoms with van der Waals surface area (Å²) in [5.41, 5.74) is 1.11. The van der Waals surface area contributed by atoms with Crippen molar-refractivity contribution in [3.63, 3.8) is 0 Å². The lowest BCUT2D eigenvalue weighted by Crippen LogP contribution is -2.10. The van der Waals surface area contributed by atoms with E-state index in [0.717, 1.165) is 11.8 Å². The van der Waals surface area contributed by atoms with Crippen LogP contribution in [0.4, 0.5) is 11.4 Å². The van der Waals surface area contributed by atoms with E-state index in [4.69, 9.17) is 9.47 Å². The van der Waals surface area contributed by atoms with E-state index in [0.29, 0.717) is 21.9 Å². The van der Waals surface area contributed by atoms with Gasteiger partial charge in [0.2, 0.25) is 0 Å². The Morgan fingerprint density at radius 2 is 1.79 bits per heavy atom. The third-order valence-electron chi connectivity index (χ3n) is 3.98. The van der Waals surface area contributed by atoms with Crippen LogP contribution < -0.4 is 4.74 Å². The Bertz CT molecular complexity index is 1040. The molecule has 148 valence electrons. The molecule has 2 aromatic rings. The number of esters is 1. The Hall–Kier alpha value is -3.59. The van der Waals surface area contributed by atoms with Gasteiger partial charge in [-0.25, -0.2) is 9.79 Å². The van der Waals surface area contributed by atoms with Crippen LogP contribution in [0.25, 0.3) is 6.08 Å². The summed E-state index contributed by atoms with van der Waals surface area (Å²) in [7, 11) is 2.77. The van der Waals surface area contributed by atoms with Crippen molar-refractivity contribution in [3.05, 3.63) is 80.4 Å². The first-order valence-corrected chi connectivity index (χ1v) is 9.13. The Balaban J connectivity index is 1.98. The van der Waals surface area contributed by atoms with Gasteiger partial charge in [0.1, 0.15) is 22.1 Å². The lowest BCUT2D eigenvalue weighted by Gasteiger charge is -2.03. The number of hydrogen-bond donors (Lipinski definition) is 1. The number of thioether (sulfide) groups is 1. The zero-order valence-corrected chi connectivity index (χ0v) is 16.3. The summed E-state index contributed by atoms with van der Waals surface area (Å²) in [6.07, 6.45) is 1.61. The molecule has 3 rings (SSSR count). The lowest BCUT2D eigenvalue weighted by molar-refractivity contribution is -0.384. The summed E-state index contributed by atoms with van der Waals surface area (Å²) >= 11 is 1.10. The number of nitrogens with zero attached hydrogens (tertiary/aromatic N) is 2. The van der Waals surface area contributed by atoms with Gasteiger partial charge in [0.15, 0.2) is 0 Å². The van der Waals surface area contributed by atoms with E-state index in [1.807, 2.05) is 0 Å². The molecule has 0 bridgehead atoms. The van der Waals surface area contributed by atoms with Crippen LogP contribution >= 0.6 is 11.8 Å². The molecule has 1 aliphatic heterocycles. The minimum absolute atomic E-state index is 0.0389. The van der Waals surface area contributed by atoms with Crippen molar-refractivity contribution < 1.29 is 24.3 Å². The maximum absolute atomic E-state index is 12.2. The molecule has 1 N–H and O–H groups in total. The molecule has 2 aromatic carbocycles. The number of non-ortho nitro benzene ring substituents is 1. The topological polar surface area (TPSA) is 111 Å². The van der Waals surface area contributed by atoms with E-state index in [1.54, 1.807) is 49.6 Å². The van der Waals surface area contributed by atoms with Crippen LogP contribution in [0.2, 0.25) is 0 Å². The van der Waals surface area contributed by atoms with Crippen LogP contribution in [-0.4, -0.2) is 35.3 Å². The summed E-state index contributed by atoms with van der Waals surface area (Å²) in [6, 6.07) is 12.7. The number of aliphatic hydroxyl groups excluding tert-OH is 1. The fourth-order valence-electron chi connectivity index (χ4n) is 2.51. The number of methoxy groups -OCH3 is 2. The molecule has 0 radical (unpaired) electrons. The van der Waals surface area contributed by atoms with E-state index in [2.05, 4.69) is 4.99 Å². The summed E-state index contributed by atoms with van der Waals surface area (Å²) in [5, 5.41) is 21.6. The molecule has 1 aliphatic rings. The van der Waals surface area contributed by atoms with Crippen molar-refractivity contribution in [2.75, 3.05) is 14.2 Å². The van der Waals surface area contributed by atoms with Crippen LogP contribution in [0.5, 0.6) is 5.75 Å². The van der Waals surface area contributed by atoms with E-state index >= 15 is 0 Å². The van der Waals surface area contributed by atoms with Crippen molar-refractivity contribution in [2.45, 2.75) is 0 Å². The van der Waals surface area contributed by atoms with Crippen molar-refractivity contribution in [3.8, 4) is 5.75 Å². The highest BCUT2D eigenvalue weighted by Crippen LogP contribution is 2.40. The van der Waals surface area contributed by atoms with Crippen LogP contribution in [0.1, 0.15) is 5.56 Å². The van der Waals surface area contributed by atoms with Crippen LogP contribution in [0.15, 0.2) is 69.8 Å². The van der Waals surface area contributed by atoms with E-state index in [-0.39, 0.29) is 22.1 Å². The number of aliphatic imine (C=N–C) groups is 1. The third kappa shape index (κ3) is 4.46. The number of aliphatic hydroxyl groups is 1. The summed E-state index contributed by atoms with van der Waals surface area (Å²) in [4.78, 5) is 27.3. The van der Waals surface area contributed by atoms with Crippen molar-refractivity contribution >= 4 is 40.2 Å². The number of hydrogen-bond acceptors (Lipinski definition) is 8. The zero-order chi connectivity index (χ0) is 21.0. The maximum Gasteiger partial charge on any atom is 0.344 e. The molecule has 0 atom stereocenters. The second-order valence-electron chi connectivity index (χ2n) is 5.79. The van der Waals surface area contributed by atoms with Gasteiger partial charge < -0.3 is 14.6 Å². The number of nitro groups is 1. The molecule has 0 saturated carbocycles. The molecular formula is C20H16N2O6S. The first-order chi connectivity index (χ1) is 13.9. The normalized spacial score (nSPS) is 16.3. The fraction of sp³-hybridized carbons (Fsp3) is 0.100. The molecule has 0 aliphatic carbocycles. The number of nitro benzene ring substituents is 1. The number of carbonyl (C=O) groups is 1. The van der Waals surface area contributed by atoms with Gasteiger partial charge in [-0.15, -0.1) is 0 Å². The first-order valence-electron chi connectivity index (χ1n) is 8.32. The van der Waals surface area contributed by atoms with Crippen LogP contribution in [0.3, 0.4) is 0 Å². The Labute approximate surface area is 170 Å². The molecular weight excluding hydrogens is 396 g/mol. The number of benzene rings is 2. The second kappa shape index (κ2) is 8.61. The molecule has 9 heteroatoms. The number of carbonyl (C=O) groups excluding carboxylic acids is 1. The highest BCUT2D eigenvalue weighted by molar-refractivity contribution is 8.18. The lowest BCUT2D eigenvalue weighted by atomic mass is 10.1. The number of rotatable bonds is 5. The molecule has 8 nitrogen and oxygen atoms in total. The Morgan fingerprint density at radius 3 is 2.34 bits per heavy atom. The molecule has 0 spiro atoms. The van der Waals surface area contributed by atoms with E-state index < -0.39 is 10.9 Å². The monoisotopic (exact) mass is 412 g/mol. The summed E-state index contributed by atoms with van der Waals surface area (Å²) < 4.78 is 9.89. The first kappa shape index (κ1) is 20.2. The highest BCUT2D eigenvalue weighted by Gasteiger charge is 2.33. The minimum Gasteiger partial charge on any atom is -0.506 e. The Kier molecular flexibility index (Phi) is 5.99. The SMILES string of the molecule is COC(=O)C1=C(O)/C(=C\c2ccc([N+](=O)[O-])cc2)SC1=Nc1ccc(OC)cc1. The van der Waals surface area contributed by atoms with E-state index in [1.165, 1.54) is 19.2 Å². The third-order valence-corrected chi connectivity index (χ3v) is 5.00. The molecule has 0 saturated heterocycles. The molecule has 0 aromatic heterocycles. The van der Waals surface area contributed by atoms with Gasteiger partial charge in [-0.1, -0.05) is 11.8 Å². The highest BCUT2D eigenvalue weighted by atomic mass is 32.2. The second-order valence-corrected chi connectivity index (χ2v) is 6.82. The number of ether oxygens (including phenoxy) is 2. The van der Waals surface area contributed by atoms with Gasteiger partial charge >= 0.3 is 5.97 Å². The van der Waals surface area contributed by atoms with Gasteiger partial charge in [-0.3, -0.25) is 10.1 Å². The molecule has 0 fully saturated rings. The smallest absolute Gasteiger partial charge is 0.344 e. The van der Waals surface area contributed by atoms with Gasteiger partial charge in [-0.2, -0.15) is 0 Å². The molecule has 1 heterocycles. The van der Waals surface area contributed by atoms with Gasteiger partial charge in [0.05, 0.1) is 29.7 Å². The summed E-state index contributed by atoms with van der Waals surface area (Å²) in [5.74, 6) is -0.305. The maximum atomic E-state index is 12.2. The van der Waals surface area contributed by atoms with Crippen molar-refractivity contribution in [1.82, 2.24) is 0 Å². The summed E-state index contributed by atoms with van der Waals surface area (Å²) in [6.45, 7) is 0. The Morgan fingerprint density at radius 1 is 1.14 bits per heavy atom. The average Bonchev–Trinajstić information content (AvgIpc) is 3.03. The van der Waals surface area contributed by atoms with E-state index in [9.17, 15) is 20.0 Å². The van der Waals surface area contributed by atoms with Gasteiger partial charge in [-0.05, 0) is 48.0 Å². The van der Waals surface area contributed by atoms with Crippen LogP contribution in [-0.2, 0) is 9.53 Å².